The van der Waals surface area contributed by atoms with Gasteiger partial charge in [-0.15, -0.1) is 0 Å². The predicted octanol–water partition coefficient (Wildman–Crippen LogP) is 1.80. The number of aliphatic hydroxyl groups excluding tert-OH is 1. The van der Waals surface area contributed by atoms with E-state index >= 15 is 0 Å². The topological polar surface area (TPSA) is 70.6 Å². The lowest BCUT2D eigenvalue weighted by Gasteiger charge is -2.28. The van der Waals surface area contributed by atoms with Crippen molar-refractivity contribution in [3.63, 3.8) is 0 Å². The Labute approximate surface area is 116 Å². The Bertz CT molecular complexity index is 281. The van der Waals surface area contributed by atoms with E-state index in [1.54, 1.807) is 0 Å². The number of aliphatic hydroxyl groups is 1. The molecule has 0 aromatic carbocycles. The normalized spacial score (nSPS) is 18.3. The van der Waals surface area contributed by atoms with Gasteiger partial charge in [-0.05, 0) is 46.6 Å². The van der Waals surface area contributed by atoms with Crippen LogP contribution in [0.25, 0.3) is 0 Å². The summed E-state index contributed by atoms with van der Waals surface area (Å²) in [4.78, 5) is 11.4. The Kier molecular flexibility index (Phi) is 6.07. The van der Waals surface area contributed by atoms with Crippen molar-refractivity contribution >= 4 is 6.09 Å². The van der Waals surface area contributed by atoms with Crippen LogP contribution in [0.4, 0.5) is 4.79 Å². The second-order valence-electron chi connectivity index (χ2n) is 6.35. The number of alkyl carbamates (subject to hydrolysis) is 1. The fraction of sp³-hybridized carbons (Fsp3) is 0.929. The van der Waals surface area contributed by atoms with Gasteiger partial charge < -0.3 is 20.5 Å². The summed E-state index contributed by atoms with van der Waals surface area (Å²) in [6, 6.07) is 0. The van der Waals surface area contributed by atoms with E-state index < -0.39 is 5.60 Å². The molecule has 0 radical (unpaired) electrons. The zero-order valence-corrected chi connectivity index (χ0v) is 12.4. The molecule has 0 aromatic heterocycles. The Hall–Kier alpha value is -0.810. The van der Waals surface area contributed by atoms with Gasteiger partial charge >= 0.3 is 6.09 Å². The van der Waals surface area contributed by atoms with Gasteiger partial charge in [-0.2, -0.15) is 0 Å². The average molecular weight is 272 g/mol. The van der Waals surface area contributed by atoms with E-state index in [2.05, 4.69) is 10.6 Å². The molecule has 1 fully saturated rings. The molecule has 112 valence electrons. The third kappa shape index (κ3) is 6.25. The number of carbonyl (C=O) groups is 1. The molecule has 0 aliphatic heterocycles. The second kappa shape index (κ2) is 7.10. The van der Waals surface area contributed by atoms with Gasteiger partial charge in [0.25, 0.3) is 0 Å². The third-order valence-corrected chi connectivity index (χ3v) is 3.39. The Balaban J connectivity index is 2.09. The number of rotatable bonds is 6. The maximum absolute atomic E-state index is 11.4. The number of amides is 1. The zero-order chi connectivity index (χ0) is 14.4. The maximum atomic E-state index is 11.4. The highest BCUT2D eigenvalue weighted by Gasteiger charge is 2.31. The van der Waals surface area contributed by atoms with E-state index in [-0.39, 0.29) is 18.2 Å². The smallest absolute Gasteiger partial charge is 0.407 e. The van der Waals surface area contributed by atoms with E-state index in [1.165, 1.54) is 12.8 Å². The number of carbonyl (C=O) groups excluding carboxylic acids is 1. The van der Waals surface area contributed by atoms with E-state index in [9.17, 15) is 9.90 Å². The van der Waals surface area contributed by atoms with Crippen molar-refractivity contribution in [2.75, 3.05) is 19.7 Å². The molecule has 0 unspecified atom stereocenters. The summed E-state index contributed by atoms with van der Waals surface area (Å²) in [6.07, 6.45) is 4.92. The number of hydrogen-bond donors (Lipinski definition) is 3. The molecule has 1 rings (SSSR count). The van der Waals surface area contributed by atoms with Crippen LogP contribution in [-0.4, -0.2) is 42.0 Å². The molecule has 1 amide bonds. The van der Waals surface area contributed by atoms with Gasteiger partial charge in [-0.3, -0.25) is 0 Å². The lowest BCUT2D eigenvalue weighted by atomic mass is 9.99. The molecule has 5 heteroatoms. The molecule has 0 atom stereocenters. The molecular formula is C14H28N2O3. The van der Waals surface area contributed by atoms with Crippen LogP contribution in [0.3, 0.4) is 0 Å². The van der Waals surface area contributed by atoms with Crippen molar-refractivity contribution in [2.45, 2.75) is 64.0 Å². The minimum absolute atomic E-state index is 0.0775. The molecular weight excluding hydrogens is 244 g/mol. The molecule has 0 heterocycles. The summed E-state index contributed by atoms with van der Waals surface area (Å²) in [6.45, 7) is 7.13. The first-order valence-corrected chi connectivity index (χ1v) is 7.20. The Morgan fingerprint density at radius 1 is 1.26 bits per heavy atom. The third-order valence-electron chi connectivity index (χ3n) is 3.39. The maximum Gasteiger partial charge on any atom is 0.407 e. The summed E-state index contributed by atoms with van der Waals surface area (Å²) >= 11 is 0. The summed E-state index contributed by atoms with van der Waals surface area (Å²) in [5.41, 5.74) is -0.529. The van der Waals surface area contributed by atoms with E-state index in [1.807, 2.05) is 20.8 Å². The van der Waals surface area contributed by atoms with Crippen LogP contribution >= 0.6 is 0 Å². The van der Waals surface area contributed by atoms with Gasteiger partial charge in [0.2, 0.25) is 0 Å². The highest BCUT2D eigenvalue weighted by molar-refractivity contribution is 5.67. The zero-order valence-electron chi connectivity index (χ0n) is 12.4. The van der Waals surface area contributed by atoms with Gasteiger partial charge in [0, 0.05) is 12.1 Å². The number of ether oxygens (including phenoxy) is 1. The molecule has 1 aliphatic carbocycles. The fourth-order valence-electron chi connectivity index (χ4n) is 2.39. The first-order chi connectivity index (χ1) is 8.87. The van der Waals surface area contributed by atoms with E-state index in [0.717, 1.165) is 25.8 Å². The molecule has 1 aliphatic rings. The summed E-state index contributed by atoms with van der Waals surface area (Å²) in [5, 5.41) is 15.6. The van der Waals surface area contributed by atoms with Crippen molar-refractivity contribution in [3.8, 4) is 0 Å². The summed E-state index contributed by atoms with van der Waals surface area (Å²) < 4.78 is 5.15. The number of nitrogens with one attached hydrogen (secondary N) is 2. The quantitative estimate of drug-likeness (QED) is 0.645. The first-order valence-electron chi connectivity index (χ1n) is 7.20. The predicted molar refractivity (Wildman–Crippen MR) is 75.1 cm³/mol. The van der Waals surface area contributed by atoms with Gasteiger partial charge in [0.15, 0.2) is 0 Å². The van der Waals surface area contributed by atoms with Gasteiger partial charge in [0.1, 0.15) is 5.60 Å². The monoisotopic (exact) mass is 272 g/mol. The Morgan fingerprint density at radius 3 is 2.42 bits per heavy atom. The molecule has 5 nitrogen and oxygen atoms in total. The minimum Gasteiger partial charge on any atom is -0.444 e. The summed E-state index contributed by atoms with van der Waals surface area (Å²) in [7, 11) is 0. The number of hydrogen-bond acceptors (Lipinski definition) is 4. The molecule has 0 bridgehead atoms. The van der Waals surface area contributed by atoms with Crippen molar-refractivity contribution in [2.24, 2.45) is 0 Å². The van der Waals surface area contributed by atoms with Crippen molar-refractivity contribution < 1.29 is 14.6 Å². The van der Waals surface area contributed by atoms with Crippen LogP contribution in [-0.2, 0) is 4.74 Å². The SMILES string of the molecule is CC(C)(C)OC(=O)NCCCNC1(CO)CCCC1. The molecule has 0 aromatic rings. The average Bonchev–Trinajstić information content (AvgIpc) is 2.75. The lowest BCUT2D eigenvalue weighted by molar-refractivity contribution is 0.0526. The first kappa shape index (κ1) is 16.2. The molecule has 0 spiro atoms. The van der Waals surface area contributed by atoms with Crippen LogP contribution in [0.5, 0.6) is 0 Å². The van der Waals surface area contributed by atoms with Gasteiger partial charge in [-0.25, -0.2) is 4.79 Å². The lowest BCUT2D eigenvalue weighted by Crippen LogP contribution is -2.47. The van der Waals surface area contributed by atoms with E-state index in [0.29, 0.717) is 6.54 Å². The largest absolute Gasteiger partial charge is 0.444 e. The second-order valence-corrected chi connectivity index (χ2v) is 6.35. The molecule has 3 N–H and O–H groups in total. The fourth-order valence-corrected chi connectivity index (χ4v) is 2.39. The van der Waals surface area contributed by atoms with Gasteiger partial charge in [-0.1, -0.05) is 12.8 Å². The van der Waals surface area contributed by atoms with Crippen LogP contribution < -0.4 is 10.6 Å². The standard InChI is InChI=1S/C14H28N2O3/c1-13(2,3)19-12(18)15-9-6-10-16-14(11-17)7-4-5-8-14/h16-17H,4-11H2,1-3H3,(H,15,18). The highest BCUT2D eigenvalue weighted by atomic mass is 16.6. The van der Waals surface area contributed by atoms with Crippen LogP contribution in [0.15, 0.2) is 0 Å². The van der Waals surface area contributed by atoms with Crippen molar-refractivity contribution in [1.82, 2.24) is 10.6 Å². The van der Waals surface area contributed by atoms with Crippen LogP contribution in [0.2, 0.25) is 0 Å². The molecule has 19 heavy (non-hydrogen) atoms. The van der Waals surface area contributed by atoms with Crippen LogP contribution in [0, 0.1) is 0 Å². The van der Waals surface area contributed by atoms with E-state index in [4.69, 9.17) is 4.74 Å². The Morgan fingerprint density at radius 2 is 1.89 bits per heavy atom. The molecule has 0 saturated heterocycles. The minimum atomic E-state index is -0.451. The molecule has 1 saturated carbocycles. The van der Waals surface area contributed by atoms with Crippen LogP contribution in [0.1, 0.15) is 52.9 Å². The summed E-state index contributed by atoms with van der Waals surface area (Å²) in [5.74, 6) is 0. The van der Waals surface area contributed by atoms with Gasteiger partial charge in [0.05, 0.1) is 6.61 Å². The van der Waals surface area contributed by atoms with Crippen molar-refractivity contribution in [3.05, 3.63) is 0 Å². The van der Waals surface area contributed by atoms with Crippen molar-refractivity contribution in [1.29, 1.82) is 0 Å². The highest BCUT2D eigenvalue weighted by Crippen LogP contribution is 2.28.